The molecular weight excluding hydrogens is 184 g/mol. The lowest BCUT2D eigenvalue weighted by molar-refractivity contribution is -0.119. The second-order valence-corrected chi connectivity index (χ2v) is 3.89. The van der Waals surface area contributed by atoms with Gasteiger partial charge in [-0.3, -0.25) is 4.79 Å². The van der Waals surface area contributed by atoms with Gasteiger partial charge in [0, 0.05) is 12.3 Å². The molecule has 0 aliphatic rings. The van der Waals surface area contributed by atoms with Gasteiger partial charge in [0.15, 0.2) is 0 Å². The summed E-state index contributed by atoms with van der Waals surface area (Å²) < 4.78 is 0. The third-order valence-electron chi connectivity index (χ3n) is 2.62. The Hall–Kier alpha value is -1.11. The van der Waals surface area contributed by atoms with Crippen LogP contribution in [0.15, 0.2) is 30.3 Å². The Bertz CT molecular complexity index is 289. The van der Waals surface area contributed by atoms with Gasteiger partial charge in [-0.05, 0) is 18.9 Å². The maximum absolute atomic E-state index is 11.8. The number of benzene rings is 1. The fourth-order valence-corrected chi connectivity index (χ4v) is 1.59. The molecule has 1 radical (unpaired) electrons. The molecule has 1 nitrogen and oxygen atoms in total. The maximum Gasteiger partial charge on any atom is 0.140 e. The largest absolute Gasteiger partial charge is 0.299 e. The van der Waals surface area contributed by atoms with Gasteiger partial charge in [-0.1, -0.05) is 50.1 Å². The number of hydrogen-bond acceptors (Lipinski definition) is 1. The van der Waals surface area contributed by atoms with E-state index in [9.17, 15) is 4.79 Å². The van der Waals surface area contributed by atoms with E-state index in [1.165, 1.54) is 0 Å². The van der Waals surface area contributed by atoms with E-state index < -0.39 is 0 Å². The van der Waals surface area contributed by atoms with Crippen LogP contribution in [0.25, 0.3) is 0 Å². The second-order valence-electron chi connectivity index (χ2n) is 3.89. The molecule has 81 valence electrons. The molecule has 1 unspecified atom stereocenters. The molecule has 0 N–H and O–H groups in total. The number of Topliss-reactive ketones (excluding diaryl/α,β-unsaturated/α-hetero) is 1. The Kier molecular flexibility index (Phi) is 5.09. The van der Waals surface area contributed by atoms with E-state index in [1.54, 1.807) is 0 Å². The smallest absolute Gasteiger partial charge is 0.140 e. The van der Waals surface area contributed by atoms with Crippen LogP contribution in [0.2, 0.25) is 0 Å². The van der Waals surface area contributed by atoms with Crippen LogP contribution in [0.1, 0.15) is 44.1 Å². The minimum Gasteiger partial charge on any atom is -0.299 e. The van der Waals surface area contributed by atoms with Gasteiger partial charge in [0.05, 0.1) is 0 Å². The highest BCUT2D eigenvalue weighted by molar-refractivity contribution is 5.86. The van der Waals surface area contributed by atoms with Crippen LogP contribution in [-0.4, -0.2) is 5.78 Å². The minimum atomic E-state index is -0.192. The Labute approximate surface area is 92.5 Å². The Balaban J connectivity index is 2.46. The zero-order valence-electron chi connectivity index (χ0n) is 9.41. The predicted molar refractivity (Wildman–Crippen MR) is 63.7 cm³/mol. The molecule has 0 fully saturated rings. The average Bonchev–Trinajstić information content (AvgIpc) is 2.29. The van der Waals surface area contributed by atoms with E-state index in [0.717, 1.165) is 24.8 Å². The van der Waals surface area contributed by atoms with Crippen LogP contribution in [0.4, 0.5) is 0 Å². The Morgan fingerprint density at radius 2 is 1.93 bits per heavy atom. The van der Waals surface area contributed by atoms with Gasteiger partial charge in [-0.2, -0.15) is 0 Å². The van der Waals surface area contributed by atoms with Crippen molar-refractivity contribution in [2.45, 2.75) is 38.5 Å². The molecule has 15 heavy (non-hydrogen) atoms. The van der Waals surface area contributed by atoms with Crippen molar-refractivity contribution in [1.29, 1.82) is 0 Å². The lowest BCUT2D eigenvalue weighted by atomic mass is 9.94. The van der Waals surface area contributed by atoms with Crippen LogP contribution in [0, 0.1) is 6.92 Å². The zero-order chi connectivity index (χ0) is 11.1. The van der Waals surface area contributed by atoms with Gasteiger partial charge in [0.1, 0.15) is 5.78 Å². The molecule has 0 aliphatic carbocycles. The lowest BCUT2D eigenvalue weighted by Gasteiger charge is -2.10. The van der Waals surface area contributed by atoms with E-state index in [4.69, 9.17) is 0 Å². The van der Waals surface area contributed by atoms with Crippen LogP contribution in [-0.2, 0) is 4.79 Å². The number of rotatable bonds is 6. The monoisotopic (exact) mass is 203 g/mol. The number of unbranched alkanes of at least 4 members (excludes halogenated alkanes) is 2. The molecule has 0 spiro atoms. The van der Waals surface area contributed by atoms with Crippen LogP contribution in [0.5, 0.6) is 0 Å². The first-order valence-corrected chi connectivity index (χ1v) is 5.66. The normalized spacial score (nSPS) is 12.4. The standard InChI is InChI=1S/C14H19O/c1-3-4-6-11-14(15)12(2)13-9-7-5-8-10-13/h5,7-10,12H,2-4,6,11H2,1H3. The summed E-state index contributed by atoms with van der Waals surface area (Å²) >= 11 is 0. The number of hydrogen-bond donors (Lipinski definition) is 0. The van der Waals surface area contributed by atoms with Crippen LogP contribution in [0.3, 0.4) is 0 Å². The van der Waals surface area contributed by atoms with E-state index >= 15 is 0 Å². The highest BCUT2D eigenvalue weighted by atomic mass is 16.1. The molecule has 0 aliphatic heterocycles. The molecule has 0 aromatic heterocycles. The number of carbonyl (C=O) groups is 1. The summed E-state index contributed by atoms with van der Waals surface area (Å²) in [7, 11) is 0. The highest BCUT2D eigenvalue weighted by Crippen LogP contribution is 2.18. The Morgan fingerprint density at radius 1 is 1.27 bits per heavy atom. The van der Waals surface area contributed by atoms with Crippen molar-refractivity contribution in [1.82, 2.24) is 0 Å². The first-order chi connectivity index (χ1) is 7.25. The summed E-state index contributed by atoms with van der Waals surface area (Å²) in [4.78, 5) is 11.8. The molecule has 1 atom stereocenters. The van der Waals surface area contributed by atoms with Gasteiger partial charge in [0.2, 0.25) is 0 Å². The van der Waals surface area contributed by atoms with Gasteiger partial charge in [-0.25, -0.2) is 0 Å². The van der Waals surface area contributed by atoms with Crippen LogP contribution < -0.4 is 0 Å². The lowest BCUT2D eigenvalue weighted by Crippen LogP contribution is -2.08. The van der Waals surface area contributed by atoms with Gasteiger partial charge in [-0.15, -0.1) is 0 Å². The summed E-state index contributed by atoms with van der Waals surface area (Å²) in [5.41, 5.74) is 1.03. The SMILES string of the molecule is [CH2]C(C(=O)CCCCC)c1ccccc1. The summed E-state index contributed by atoms with van der Waals surface area (Å²) in [6.45, 7) is 6.08. The number of ketones is 1. The van der Waals surface area contributed by atoms with Crippen molar-refractivity contribution in [3.8, 4) is 0 Å². The van der Waals surface area contributed by atoms with Gasteiger partial charge < -0.3 is 0 Å². The predicted octanol–water partition coefficient (Wildman–Crippen LogP) is 3.75. The summed E-state index contributed by atoms with van der Waals surface area (Å²) in [5, 5.41) is 0. The molecule has 0 bridgehead atoms. The second kappa shape index (κ2) is 6.39. The van der Waals surface area contributed by atoms with E-state index in [-0.39, 0.29) is 11.7 Å². The van der Waals surface area contributed by atoms with Crippen molar-refractivity contribution >= 4 is 5.78 Å². The Morgan fingerprint density at radius 3 is 2.53 bits per heavy atom. The first kappa shape index (κ1) is 12.0. The van der Waals surface area contributed by atoms with Gasteiger partial charge >= 0.3 is 0 Å². The van der Waals surface area contributed by atoms with E-state index in [0.29, 0.717) is 6.42 Å². The summed E-state index contributed by atoms with van der Waals surface area (Å²) in [5.74, 6) is 0.0673. The van der Waals surface area contributed by atoms with Gasteiger partial charge in [0.25, 0.3) is 0 Å². The summed E-state index contributed by atoms with van der Waals surface area (Å²) in [6, 6.07) is 9.79. The third-order valence-corrected chi connectivity index (χ3v) is 2.62. The minimum absolute atomic E-state index is 0.192. The highest BCUT2D eigenvalue weighted by Gasteiger charge is 2.13. The molecule has 0 saturated heterocycles. The molecule has 0 amide bonds. The fraction of sp³-hybridized carbons (Fsp3) is 0.429. The fourth-order valence-electron chi connectivity index (χ4n) is 1.59. The molecule has 0 saturated carbocycles. The average molecular weight is 203 g/mol. The molecule has 1 heteroatoms. The zero-order valence-corrected chi connectivity index (χ0v) is 9.41. The van der Waals surface area contributed by atoms with Crippen molar-refractivity contribution in [2.24, 2.45) is 0 Å². The number of carbonyl (C=O) groups excluding carboxylic acids is 1. The first-order valence-electron chi connectivity index (χ1n) is 5.66. The third kappa shape index (κ3) is 3.86. The molecule has 1 rings (SSSR count). The molecule has 1 aromatic carbocycles. The summed E-state index contributed by atoms with van der Waals surface area (Å²) in [6.07, 6.45) is 3.94. The maximum atomic E-state index is 11.8. The molecular formula is C14H19O. The van der Waals surface area contributed by atoms with Crippen molar-refractivity contribution < 1.29 is 4.79 Å². The molecule has 0 heterocycles. The van der Waals surface area contributed by atoms with E-state index in [1.807, 2.05) is 30.3 Å². The van der Waals surface area contributed by atoms with Crippen molar-refractivity contribution in [3.05, 3.63) is 42.8 Å². The van der Waals surface area contributed by atoms with E-state index in [2.05, 4.69) is 13.8 Å². The quantitative estimate of drug-likeness (QED) is 0.643. The van der Waals surface area contributed by atoms with Crippen LogP contribution >= 0.6 is 0 Å². The van der Waals surface area contributed by atoms with Crippen molar-refractivity contribution in [3.63, 3.8) is 0 Å². The molecule has 1 aromatic rings. The topological polar surface area (TPSA) is 17.1 Å². The van der Waals surface area contributed by atoms with Crippen molar-refractivity contribution in [2.75, 3.05) is 0 Å².